The van der Waals surface area contributed by atoms with Crippen LogP contribution >= 0.6 is 15.9 Å². The second-order valence-electron chi connectivity index (χ2n) is 4.93. The Balaban J connectivity index is 2.13. The maximum atomic E-state index is 12.8. The molecule has 0 heterocycles. The average molecular weight is 445 g/mol. The highest BCUT2D eigenvalue weighted by Crippen LogP contribution is 2.23. The normalized spacial score (nSPS) is 11.0. The number of carbonyl (C=O) groups excluding carboxylic acids is 2. The van der Waals surface area contributed by atoms with E-state index in [4.69, 9.17) is 4.74 Å². The molecule has 0 aliphatic rings. The molecular weight excluding hydrogens is 431 g/mol. The third kappa shape index (κ3) is 4.87. The van der Waals surface area contributed by atoms with Crippen LogP contribution in [-0.2, 0) is 14.8 Å². The van der Waals surface area contributed by atoms with Crippen LogP contribution in [0.3, 0.4) is 0 Å². The maximum absolute atomic E-state index is 12.8. The van der Waals surface area contributed by atoms with Crippen LogP contribution in [0.25, 0.3) is 0 Å². The largest absolute Gasteiger partial charge is 0.462 e. The summed E-state index contributed by atoms with van der Waals surface area (Å²) in [6, 6.07) is 8.37. The predicted octanol–water partition coefficient (Wildman–Crippen LogP) is 2.39. The molecule has 2 aromatic rings. The molecule has 0 aromatic heterocycles. The van der Waals surface area contributed by atoms with Crippen LogP contribution < -0.4 is 10.3 Å². The first-order valence-corrected chi connectivity index (χ1v) is 9.56. The fourth-order valence-electron chi connectivity index (χ4n) is 1.90. The van der Waals surface area contributed by atoms with Crippen molar-refractivity contribution in [2.45, 2.75) is 11.8 Å². The van der Waals surface area contributed by atoms with Gasteiger partial charge in [0.15, 0.2) is 0 Å². The van der Waals surface area contributed by atoms with Gasteiger partial charge in [0.05, 0.1) is 17.1 Å². The summed E-state index contributed by atoms with van der Waals surface area (Å²) in [5.41, 5.74) is 2.28. The van der Waals surface area contributed by atoms with Crippen molar-refractivity contribution < 1.29 is 27.1 Å². The summed E-state index contributed by atoms with van der Waals surface area (Å²) in [6.45, 7) is 1.84. The van der Waals surface area contributed by atoms with Gasteiger partial charge in [0.25, 0.3) is 15.9 Å². The standard InChI is InChI=1S/C16H14BrFN2O5S/c1-2-25-16(22)11-5-8-14(13(17)9-11)26(23,24)20-19-15(21)10-3-6-12(18)7-4-10/h3-9,20H,2H2,1H3,(H,19,21). The second kappa shape index (κ2) is 8.39. The zero-order chi connectivity index (χ0) is 19.3. The molecular formula is C16H14BrFN2O5S. The summed E-state index contributed by atoms with van der Waals surface area (Å²) in [7, 11) is -4.11. The minimum Gasteiger partial charge on any atom is -0.462 e. The number of sulfonamides is 1. The Bertz CT molecular complexity index is 932. The van der Waals surface area contributed by atoms with Crippen LogP contribution in [0, 0.1) is 5.82 Å². The van der Waals surface area contributed by atoms with Gasteiger partial charge >= 0.3 is 5.97 Å². The van der Waals surface area contributed by atoms with E-state index in [1.807, 2.05) is 10.3 Å². The quantitative estimate of drug-likeness (QED) is 0.525. The topological polar surface area (TPSA) is 102 Å². The lowest BCUT2D eigenvalue weighted by Crippen LogP contribution is -2.41. The molecule has 1 amide bonds. The number of hydrogen-bond donors (Lipinski definition) is 2. The summed E-state index contributed by atoms with van der Waals surface area (Å²) in [6.07, 6.45) is 0. The maximum Gasteiger partial charge on any atom is 0.338 e. The highest BCUT2D eigenvalue weighted by Gasteiger charge is 2.20. The predicted molar refractivity (Wildman–Crippen MR) is 94.3 cm³/mol. The minimum atomic E-state index is -4.11. The molecule has 0 aliphatic heterocycles. The van der Waals surface area contributed by atoms with Gasteiger partial charge in [-0.1, -0.05) is 0 Å². The molecule has 0 saturated carbocycles. The highest BCUT2D eigenvalue weighted by atomic mass is 79.9. The Morgan fingerprint density at radius 1 is 1.12 bits per heavy atom. The van der Waals surface area contributed by atoms with Crippen LogP contribution in [0.5, 0.6) is 0 Å². The lowest BCUT2D eigenvalue weighted by Gasteiger charge is -2.11. The van der Waals surface area contributed by atoms with Crippen LogP contribution in [0.2, 0.25) is 0 Å². The van der Waals surface area contributed by atoms with Gasteiger partial charge in [-0.2, -0.15) is 0 Å². The number of ether oxygens (including phenoxy) is 1. The van der Waals surface area contributed by atoms with Crippen molar-refractivity contribution in [3.05, 3.63) is 63.9 Å². The molecule has 0 radical (unpaired) electrons. The summed E-state index contributed by atoms with van der Waals surface area (Å²) in [5, 5.41) is 0. The molecule has 138 valence electrons. The van der Waals surface area contributed by atoms with Crippen molar-refractivity contribution in [2.75, 3.05) is 6.61 Å². The number of halogens is 2. The number of benzene rings is 2. The molecule has 26 heavy (non-hydrogen) atoms. The highest BCUT2D eigenvalue weighted by molar-refractivity contribution is 9.10. The van der Waals surface area contributed by atoms with Gasteiger partial charge in [-0.25, -0.2) is 17.6 Å². The third-order valence-electron chi connectivity index (χ3n) is 3.14. The van der Waals surface area contributed by atoms with Gasteiger partial charge in [-0.15, -0.1) is 4.83 Å². The van der Waals surface area contributed by atoms with E-state index in [-0.39, 0.29) is 27.1 Å². The Morgan fingerprint density at radius 2 is 1.73 bits per heavy atom. The van der Waals surface area contributed by atoms with Crippen LogP contribution in [-0.4, -0.2) is 26.9 Å². The number of esters is 1. The number of hydrogen-bond acceptors (Lipinski definition) is 5. The van der Waals surface area contributed by atoms with Crippen molar-refractivity contribution in [1.29, 1.82) is 0 Å². The Kier molecular flexibility index (Phi) is 6.46. The van der Waals surface area contributed by atoms with Crippen LogP contribution in [0.1, 0.15) is 27.6 Å². The lowest BCUT2D eigenvalue weighted by molar-refractivity contribution is 0.0526. The molecule has 7 nitrogen and oxygen atoms in total. The molecule has 0 atom stereocenters. The van der Waals surface area contributed by atoms with E-state index in [0.717, 1.165) is 12.1 Å². The fourth-order valence-corrected chi connectivity index (χ4v) is 3.82. The number of nitrogens with one attached hydrogen (secondary N) is 2. The summed E-state index contributed by atoms with van der Waals surface area (Å²) >= 11 is 3.08. The zero-order valence-corrected chi connectivity index (χ0v) is 15.9. The third-order valence-corrected chi connectivity index (χ3v) is 5.36. The minimum absolute atomic E-state index is 0.0748. The van der Waals surface area contributed by atoms with E-state index < -0.39 is 27.7 Å². The molecule has 0 saturated heterocycles. The Hall–Kier alpha value is -2.30. The van der Waals surface area contributed by atoms with Crippen LogP contribution in [0.15, 0.2) is 51.8 Å². The first kappa shape index (κ1) is 20.0. The van der Waals surface area contributed by atoms with Crippen molar-refractivity contribution >= 4 is 37.8 Å². The van der Waals surface area contributed by atoms with Gasteiger partial charge in [0.1, 0.15) is 5.82 Å². The first-order valence-electron chi connectivity index (χ1n) is 7.29. The Labute approximate surface area is 157 Å². The van der Waals surface area contributed by atoms with E-state index in [1.54, 1.807) is 6.92 Å². The molecule has 0 spiro atoms. The van der Waals surface area contributed by atoms with Gasteiger partial charge in [0.2, 0.25) is 0 Å². The van der Waals surface area contributed by atoms with E-state index in [2.05, 4.69) is 15.9 Å². The zero-order valence-electron chi connectivity index (χ0n) is 13.5. The average Bonchev–Trinajstić information content (AvgIpc) is 2.60. The monoisotopic (exact) mass is 444 g/mol. The van der Waals surface area contributed by atoms with Crippen molar-refractivity contribution in [3.8, 4) is 0 Å². The van der Waals surface area contributed by atoms with Crippen LogP contribution in [0.4, 0.5) is 4.39 Å². The molecule has 0 fully saturated rings. The molecule has 2 N–H and O–H groups in total. The molecule has 10 heteroatoms. The van der Waals surface area contributed by atoms with Gasteiger partial charge in [0, 0.05) is 10.0 Å². The van der Waals surface area contributed by atoms with Crippen molar-refractivity contribution in [1.82, 2.24) is 10.3 Å². The van der Waals surface area contributed by atoms with Gasteiger partial charge in [-0.05, 0) is 65.3 Å². The first-order chi connectivity index (χ1) is 12.2. The number of hydrazine groups is 1. The summed E-state index contributed by atoms with van der Waals surface area (Å²) in [4.78, 5) is 25.3. The number of amides is 1. The second-order valence-corrected chi connectivity index (χ2v) is 7.44. The van der Waals surface area contributed by atoms with Crippen molar-refractivity contribution in [3.63, 3.8) is 0 Å². The van der Waals surface area contributed by atoms with E-state index in [0.29, 0.717) is 0 Å². The lowest BCUT2D eigenvalue weighted by atomic mass is 10.2. The van der Waals surface area contributed by atoms with Crippen molar-refractivity contribution in [2.24, 2.45) is 0 Å². The SMILES string of the molecule is CCOC(=O)c1ccc(S(=O)(=O)NNC(=O)c2ccc(F)cc2)c(Br)c1. The van der Waals surface area contributed by atoms with E-state index in [1.165, 1.54) is 30.3 Å². The molecule has 0 unspecified atom stereocenters. The van der Waals surface area contributed by atoms with E-state index in [9.17, 15) is 22.4 Å². The van der Waals surface area contributed by atoms with Gasteiger partial charge < -0.3 is 4.74 Å². The Morgan fingerprint density at radius 3 is 2.31 bits per heavy atom. The molecule has 0 bridgehead atoms. The summed E-state index contributed by atoms with van der Waals surface area (Å²) in [5.74, 6) is -1.87. The molecule has 2 aromatic carbocycles. The molecule has 0 aliphatic carbocycles. The number of carbonyl (C=O) groups is 2. The fraction of sp³-hybridized carbons (Fsp3) is 0.125. The van der Waals surface area contributed by atoms with Gasteiger partial charge in [-0.3, -0.25) is 10.2 Å². The van der Waals surface area contributed by atoms with E-state index >= 15 is 0 Å². The number of rotatable bonds is 6. The molecule has 2 rings (SSSR count). The smallest absolute Gasteiger partial charge is 0.338 e. The summed E-state index contributed by atoms with van der Waals surface area (Å²) < 4.78 is 42.4.